The maximum atomic E-state index is 12.7. The summed E-state index contributed by atoms with van der Waals surface area (Å²) in [6.45, 7) is 3.66. The van der Waals surface area contributed by atoms with Crippen molar-refractivity contribution in [1.29, 1.82) is 0 Å². The number of phosphoric acid groups is 1. The molecule has 496 valence electrons. The van der Waals surface area contributed by atoms with Crippen molar-refractivity contribution >= 4 is 19.8 Å². The van der Waals surface area contributed by atoms with Crippen molar-refractivity contribution in [2.75, 3.05) is 26.4 Å². The summed E-state index contributed by atoms with van der Waals surface area (Å²) in [6, 6.07) is 0. The van der Waals surface area contributed by atoms with Crippen molar-refractivity contribution in [3.63, 3.8) is 0 Å². The number of allylic oxidation sites excluding steroid dienone is 12. The van der Waals surface area contributed by atoms with E-state index in [0.717, 1.165) is 96.3 Å². The second-order valence-corrected chi connectivity index (χ2v) is 25.9. The molecule has 0 aliphatic carbocycles. The molecule has 0 aliphatic heterocycles. The first-order chi connectivity index (χ1) is 41.8. The Morgan fingerprint density at radius 3 is 0.965 bits per heavy atom. The summed E-state index contributed by atoms with van der Waals surface area (Å²) in [6.07, 6.45) is 93.1. The third kappa shape index (κ3) is 70.4. The van der Waals surface area contributed by atoms with Gasteiger partial charge in [-0.2, -0.15) is 0 Å². The van der Waals surface area contributed by atoms with Crippen LogP contribution < -0.4 is 5.73 Å². The van der Waals surface area contributed by atoms with Gasteiger partial charge in [0.2, 0.25) is 0 Å². The Bertz CT molecular complexity index is 1620. The SMILES string of the molecule is CC/C=C\C/C=C\C/C=C\C/C=C\C/C=C\C/C=C\CCCCCCCCC(=O)OC(COC(=O)CCCCCCCCCCCCCCCCCCCCCCCCCCCCCCCCCCCCCCCCC)COP(=O)(O)OCCN. The highest BCUT2D eigenvalue weighted by molar-refractivity contribution is 7.47. The lowest BCUT2D eigenvalue weighted by Gasteiger charge is -2.19. The van der Waals surface area contributed by atoms with Crippen LogP contribution in [0.1, 0.15) is 361 Å². The van der Waals surface area contributed by atoms with Crippen LogP contribution in [0.15, 0.2) is 72.9 Å². The van der Waals surface area contributed by atoms with E-state index in [-0.39, 0.29) is 38.6 Å². The van der Waals surface area contributed by atoms with E-state index >= 15 is 0 Å². The van der Waals surface area contributed by atoms with Gasteiger partial charge in [0.1, 0.15) is 6.61 Å². The molecule has 0 fully saturated rings. The Morgan fingerprint density at radius 1 is 0.365 bits per heavy atom. The lowest BCUT2D eigenvalue weighted by Crippen LogP contribution is -2.29. The van der Waals surface area contributed by atoms with Gasteiger partial charge < -0.3 is 20.1 Å². The molecule has 0 saturated heterocycles. The van der Waals surface area contributed by atoms with Gasteiger partial charge in [0.15, 0.2) is 6.10 Å². The first-order valence-corrected chi connectivity index (χ1v) is 37.9. The van der Waals surface area contributed by atoms with E-state index in [0.29, 0.717) is 6.42 Å². The van der Waals surface area contributed by atoms with Crippen LogP contribution in [-0.2, 0) is 32.7 Å². The van der Waals surface area contributed by atoms with E-state index in [1.165, 1.54) is 231 Å². The van der Waals surface area contributed by atoms with E-state index < -0.39 is 26.5 Å². The standard InChI is InChI=1S/C75H138NO8P/c1-3-5-7-9-11-13-15-17-19-21-23-25-27-29-30-31-32-33-34-35-36-37-38-39-40-41-42-44-45-47-49-51-53-55-57-59-61-63-65-67-74(77)81-71-73(72-83-85(79,80)82-70-69-76)84-75(78)68-66-64-62-60-58-56-54-52-50-48-46-43-28-26-24-22-20-18-16-14-12-10-8-6-4-2/h6,8,12,14,18,20,24,26,43,46,50,52,73H,3-5,7,9-11,13,15-17,19,21-23,25,27-42,44-45,47-49,51,53-72,76H2,1-2H3,(H,79,80)/b8-6-,14-12-,20-18-,26-24-,46-43-,52-50-. The normalized spacial score (nSPS) is 13.3. The van der Waals surface area contributed by atoms with Gasteiger partial charge in [-0.1, -0.05) is 356 Å². The van der Waals surface area contributed by atoms with Gasteiger partial charge in [0, 0.05) is 19.4 Å². The number of rotatable bonds is 69. The second-order valence-electron chi connectivity index (χ2n) is 24.4. The lowest BCUT2D eigenvalue weighted by molar-refractivity contribution is -0.161. The monoisotopic (exact) mass is 1210 g/mol. The molecule has 0 radical (unpaired) electrons. The Morgan fingerprint density at radius 2 is 0.647 bits per heavy atom. The van der Waals surface area contributed by atoms with E-state index in [9.17, 15) is 19.0 Å². The first-order valence-electron chi connectivity index (χ1n) is 36.4. The molecule has 0 bridgehead atoms. The van der Waals surface area contributed by atoms with E-state index in [4.69, 9.17) is 24.3 Å². The van der Waals surface area contributed by atoms with Crippen LogP contribution in [0, 0.1) is 0 Å². The zero-order valence-corrected chi connectivity index (χ0v) is 56.7. The van der Waals surface area contributed by atoms with Crippen LogP contribution in [0.5, 0.6) is 0 Å². The fourth-order valence-corrected chi connectivity index (χ4v) is 11.5. The Labute approximate surface area is 526 Å². The van der Waals surface area contributed by atoms with Gasteiger partial charge in [0.05, 0.1) is 13.2 Å². The second kappa shape index (κ2) is 70.5. The predicted octanol–water partition coefficient (Wildman–Crippen LogP) is 24.0. The number of carbonyl (C=O) groups excluding carboxylic acids is 2. The number of ether oxygens (including phenoxy) is 2. The molecular weight excluding hydrogens is 1070 g/mol. The van der Waals surface area contributed by atoms with E-state index in [1.807, 2.05) is 0 Å². The molecule has 0 aromatic heterocycles. The number of nitrogens with two attached hydrogens (primary N) is 1. The van der Waals surface area contributed by atoms with Gasteiger partial charge in [-0.25, -0.2) is 4.57 Å². The van der Waals surface area contributed by atoms with Crippen LogP contribution in [0.2, 0.25) is 0 Å². The summed E-state index contributed by atoms with van der Waals surface area (Å²) in [5, 5.41) is 0. The highest BCUT2D eigenvalue weighted by Crippen LogP contribution is 2.43. The van der Waals surface area contributed by atoms with Crippen LogP contribution >= 0.6 is 7.82 Å². The zero-order chi connectivity index (χ0) is 61.6. The number of hydrogen-bond acceptors (Lipinski definition) is 8. The Kier molecular flexibility index (Phi) is 68.4. The smallest absolute Gasteiger partial charge is 0.462 e. The zero-order valence-electron chi connectivity index (χ0n) is 55.8. The Hall–Kier alpha value is -2.55. The molecule has 3 N–H and O–H groups in total. The maximum absolute atomic E-state index is 12.7. The quantitative estimate of drug-likeness (QED) is 0.0264. The molecule has 85 heavy (non-hydrogen) atoms. The van der Waals surface area contributed by atoms with Crippen molar-refractivity contribution in [1.82, 2.24) is 0 Å². The third-order valence-corrected chi connectivity index (χ3v) is 17.1. The minimum Gasteiger partial charge on any atom is -0.462 e. The molecular formula is C75H138NO8P. The summed E-state index contributed by atoms with van der Waals surface area (Å²) in [7, 11) is -4.40. The minimum atomic E-state index is -4.40. The summed E-state index contributed by atoms with van der Waals surface area (Å²) < 4.78 is 33.2. The topological polar surface area (TPSA) is 134 Å². The van der Waals surface area contributed by atoms with E-state index in [1.54, 1.807) is 0 Å². The molecule has 0 aliphatic rings. The average molecular weight is 1210 g/mol. The molecule has 0 saturated carbocycles. The number of esters is 2. The van der Waals surface area contributed by atoms with Crippen LogP contribution in [0.4, 0.5) is 0 Å². The molecule has 0 aromatic carbocycles. The molecule has 0 spiro atoms. The maximum Gasteiger partial charge on any atom is 0.472 e. The molecule has 0 amide bonds. The molecule has 10 heteroatoms. The molecule has 0 aromatic rings. The fraction of sp³-hybridized carbons (Fsp3) is 0.813. The van der Waals surface area contributed by atoms with E-state index in [2.05, 4.69) is 86.8 Å². The lowest BCUT2D eigenvalue weighted by atomic mass is 10.0. The number of hydrogen-bond donors (Lipinski definition) is 2. The largest absolute Gasteiger partial charge is 0.472 e. The summed E-state index contributed by atoms with van der Waals surface area (Å²) in [5.41, 5.74) is 5.40. The highest BCUT2D eigenvalue weighted by atomic mass is 31.2. The molecule has 0 rings (SSSR count). The average Bonchev–Trinajstić information content (AvgIpc) is 3.52. The molecule has 2 unspecified atom stereocenters. The highest BCUT2D eigenvalue weighted by Gasteiger charge is 2.26. The molecule has 9 nitrogen and oxygen atoms in total. The van der Waals surface area contributed by atoms with Crippen LogP contribution in [-0.4, -0.2) is 49.3 Å². The van der Waals surface area contributed by atoms with Crippen molar-refractivity contribution in [3.05, 3.63) is 72.9 Å². The fourth-order valence-electron chi connectivity index (χ4n) is 10.8. The minimum absolute atomic E-state index is 0.0488. The number of phosphoric ester groups is 1. The summed E-state index contributed by atoms with van der Waals surface area (Å²) >= 11 is 0. The van der Waals surface area contributed by atoms with Crippen LogP contribution in [0.25, 0.3) is 0 Å². The van der Waals surface area contributed by atoms with Crippen molar-refractivity contribution in [3.8, 4) is 0 Å². The van der Waals surface area contributed by atoms with Crippen molar-refractivity contribution < 1.29 is 37.6 Å². The van der Waals surface area contributed by atoms with Crippen molar-refractivity contribution in [2.24, 2.45) is 5.73 Å². The van der Waals surface area contributed by atoms with Gasteiger partial charge in [0.25, 0.3) is 0 Å². The molecule has 2 atom stereocenters. The van der Waals surface area contributed by atoms with Crippen LogP contribution in [0.3, 0.4) is 0 Å². The first kappa shape index (κ1) is 82.5. The molecule has 0 heterocycles. The number of unbranched alkanes of at least 4 members (excludes halogenated alkanes) is 44. The Balaban J connectivity index is 3.80. The summed E-state index contributed by atoms with van der Waals surface area (Å²) in [5.74, 6) is -0.833. The van der Waals surface area contributed by atoms with Gasteiger partial charge >= 0.3 is 19.8 Å². The van der Waals surface area contributed by atoms with Gasteiger partial charge in [-0.3, -0.25) is 18.6 Å². The van der Waals surface area contributed by atoms with Crippen molar-refractivity contribution in [2.45, 2.75) is 367 Å². The van der Waals surface area contributed by atoms with Gasteiger partial charge in [-0.05, 0) is 64.2 Å². The third-order valence-electron chi connectivity index (χ3n) is 16.1. The predicted molar refractivity (Wildman–Crippen MR) is 367 cm³/mol. The summed E-state index contributed by atoms with van der Waals surface area (Å²) in [4.78, 5) is 35.3. The number of carbonyl (C=O) groups is 2. The van der Waals surface area contributed by atoms with Gasteiger partial charge in [-0.15, -0.1) is 0 Å².